The summed E-state index contributed by atoms with van der Waals surface area (Å²) < 4.78 is 5.79. The quantitative estimate of drug-likeness (QED) is 0.579. The Balaban J connectivity index is 1.63. The molecule has 30 heavy (non-hydrogen) atoms. The highest BCUT2D eigenvalue weighted by Crippen LogP contribution is 2.31. The number of nitrogens with one attached hydrogen (secondary N) is 1. The highest BCUT2D eigenvalue weighted by atomic mass is 35.5. The molecule has 156 valence electrons. The molecule has 8 nitrogen and oxygen atoms in total. The molecule has 1 unspecified atom stereocenters. The van der Waals surface area contributed by atoms with Gasteiger partial charge in [-0.15, -0.1) is 0 Å². The lowest BCUT2D eigenvalue weighted by atomic mass is 9.97. The molecule has 4 rings (SSSR count). The van der Waals surface area contributed by atoms with Crippen molar-refractivity contribution < 1.29 is 19.2 Å². The second-order valence-corrected chi connectivity index (χ2v) is 7.81. The highest BCUT2D eigenvalue weighted by Gasteiger charge is 2.31. The average molecular weight is 430 g/mol. The fourth-order valence-electron chi connectivity index (χ4n) is 3.98. The standard InChI is InChI=1S/C21H20ClN3O5/c22-13-4-6-18(25(28)29)16(11-13)20(26)23-14-5-7-19-17(12-14)21(27)24-9-2-1-3-15(24)8-10-30-19/h4-7,11-12,15H,1-3,8-10H2,(H,23,26). The summed E-state index contributed by atoms with van der Waals surface area (Å²) in [7, 11) is 0. The molecular weight excluding hydrogens is 410 g/mol. The summed E-state index contributed by atoms with van der Waals surface area (Å²) in [5.74, 6) is -0.339. The molecule has 0 radical (unpaired) electrons. The summed E-state index contributed by atoms with van der Waals surface area (Å²) in [5.41, 5.74) is 0.218. The van der Waals surface area contributed by atoms with Gasteiger partial charge in [0.2, 0.25) is 0 Å². The minimum absolute atomic E-state index is 0.126. The highest BCUT2D eigenvalue weighted by molar-refractivity contribution is 6.31. The van der Waals surface area contributed by atoms with Crippen LogP contribution in [0.2, 0.25) is 5.02 Å². The molecule has 0 spiro atoms. The number of nitro benzene ring substituents is 1. The number of ether oxygens (including phenoxy) is 1. The second kappa shape index (κ2) is 8.31. The van der Waals surface area contributed by atoms with E-state index < -0.39 is 10.8 Å². The first-order valence-electron chi connectivity index (χ1n) is 9.77. The molecule has 1 fully saturated rings. The van der Waals surface area contributed by atoms with E-state index in [1.54, 1.807) is 18.2 Å². The molecule has 1 N–H and O–H groups in total. The number of anilines is 1. The van der Waals surface area contributed by atoms with Crippen LogP contribution in [0.3, 0.4) is 0 Å². The smallest absolute Gasteiger partial charge is 0.282 e. The van der Waals surface area contributed by atoms with Crippen molar-refractivity contribution in [3.63, 3.8) is 0 Å². The number of rotatable bonds is 3. The lowest BCUT2D eigenvalue weighted by molar-refractivity contribution is -0.385. The molecule has 2 aliphatic heterocycles. The van der Waals surface area contributed by atoms with Gasteiger partial charge in [0.15, 0.2) is 0 Å². The van der Waals surface area contributed by atoms with Crippen LogP contribution in [0.25, 0.3) is 0 Å². The fourth-order valence-corrected chi connectivity index (χ4v) is 4.15. The van der Waals surface area contributed by atoms with E-state index >= 15 is 0 Å². The monoisotopic (exact) mass is 429 g/mol. The topological polar surface area (TPSA) is 102 Å². The maximum Gasteiger partial charge on any atom is 0.282 e. The SMILES string of the molecule is O=C(Nc1ccc2c(c1)C(=O)N1CCCCC1CCO2)c1cc(Cl)ccc1[N+](=O)[O-]. The van der Waals surface area contributed by atoms with Gasteiger partial charge in [0.1, 0.15) is 11.3 Å². The maximum atomic E-state index is 13.1. The summed E-state index contributed by atoms with van der Waals surface area (Å²) >= 11 is 5.91. The van der Waals surface area contributed by atoms with Gasteiger partial charge in [-0.1, -0.05) is 11.6 Å². The van der Waals surface area contributed by atoms with E-state index in [1.165, 1.54) is 18.2 Å². The van der Waals surface area contributed by atoms with Crippen LogP contribution in [0.4, 0.5) is 11.4 Å². The number of benzene rings is 2. The van der Waals surface area contributed by atoms with Crippen molar-refractivity contribution in [1.82, 2.24) is 4.90 Å². The summed E-state index contributed by atoms with van der Waals surface area (Å²) in [5, 5.41) is 14.1. The third-order valence-electron chi connectivity index (χ3n) is 5.46. The number of halogens is 1. The van der Waals surface area contributed by atoms with E-state index in [9.17, 15) is 19.7 Å². The third kappa shape index (κ3) is 3.95. The van der Waals surface area contributed by atoms with Crippen LogP contribution in [0.15, 0.2) is 36.4 Å². The number of carbonyl (C=O) groups excluding carboxylic acids is 2. The van der Waals surface area contributed by atoms with Crippen LogP contribution in [0.1, 0.15) is 46.4 Å². The van der Waals surface area contributed by atoms with Gasteiger partial charge in [-0.3, -0.25) is 19.7 Å². The van der Waals surface area contributed by atoms with Gasteiger partial charge in [-0.05, 0) is 49.6 Å². The number of amides is 2. The number of nitro groups is 1. The zero-order valence-corrected chi connectivity index (χ0v) is 16.9. The van der Waals surface area contributed by atoms with E-state index in [0.717, 1.165) is 25.7 Å². The van der Waals surface area contributed by atoms with E-state index in [-0.39, 0.29) is 28.2 Å². The van der Waals surface area contributed by atoms with Crippen LogP contribution >= 0.6 is 11.6 Å². The zero-order valence-electron chi connectivity index (χ0n) is 16.1. The van der Waals surface area contributed by atoms with Gasteiger partial charge in [0.05, 0.1) is 17.1 Å². The molecule has 1 saturated heterocycles. The van der Waals surface area contributed by atoms with Crippen molar-refractivity contribution in [1.29, 1.82) is 0 Å². The first kappa shape index (κ1) is 20.2. The number of piperidine rings is 1. The van der Waals surface area contributed by atoms with E-state index in [2.05, 4.69) is 5.32 Å². The minimum Gasteiger partial charge on any atom is -0.493 e. The Hall–Kier alpha value is -3.13. The summed E-state index contributed by atoms with van der Waals surface area (Å²) in [6, 6.07) is 8.75. The van der Waals surface area contributed by atoms with Crippen LogP contribution in [-0.4, -0.2) is 40.8 Å². The summed E-state index contributed by atoms with van der Waals surface area (Å²) in [6.07, 6.45) is 3.81. The summed E-state index contributed by atoms with van der Waals surface area (Å²) in [6.45, 7) is 1.22. The van der Waals surface area contributed by atoms with Gasteiger partial charge in [0, 0.05) is 35.8 Å². The zero-order chi connectivity index (χ0) is 21.3. The molecule has 0 aliphatic carbocycles. The Morgan fingerprint density at radius 3 is 2.83 bits per heavy atom. The lowest BCUT2D eigenvalue weighted by Gasteiger charge is -2.37. The van der Waals surface area contributed by atoms with Gasteiger partial charge in [-0.2, -0.15) is 0 Å². The van der Waals surface area contributed by atoms with E-state index in [0.29, 0.717) is 30.2 Å². The predicted molar refractivity (Wildman–Crippen MR) is 111 cm³/mol. The molecule has 2 heterocycles. The molecule has 2 aliphatic rings. The number of carbonyl (C=O) groups is 2. The number of nitrogens with zero attached hydrogens (tertiary/aromatic N) is 2. The van der Waals surface area contributed by atoms with Gasteiger partial charge in [0.25, 0.3) is 17.5 Å². The Morgan fingerprint density at radius 1 is 1.20 bits per heavy atom. The van der Waals surface area contributed by atoms with Gasteiger partial charge in [-0.25, -0.2) is 0 Å². The number of hydrogen-bond acceptors (Lipinski definition) is 5. The van der Waals surface area contributed by atoms with Crippen LogP contribution in [0, 0.1) is 10.1 Å². The van der Waals surface area contributed by atoms with Crippen molar-refractivity contribution in [3.05, 3.63) is 62.7 Å². The molecule has 2 aromatic rings. The lowest BCUT2D eigenvalue weighted by Crippen LogP contribution is -2.45. The second-order valence-electron chi connectivity index (χ2n) is 7.37. The Bertz CT molecular complexity index is 1030. The minimum atomic E-state index is -0.681. The summed E-state index contributed by atoms with van der Waals surface area (Å²) in [4.78, 5) is 38.3. The number of fused-ring (bicyclic) bond motifs is 2. The Kier molecular flexibility index (Phi) is 5.59. The molecule has 2 aromatic carbocycles. The molecule has 0 aromatic heterocycles. The average Bonchev–Trinajstić information content (AvgIpc) is 2.73. The molecule has 1 atom stereocenters. The van der Waals surface area contributed by atoms with Crippen LogP contribution in [-0.2, 0) is 0 Å². The van der Waals surface area contributed by atoms with Gasteiger partial charge >= 0.3 is 0 Å². The first-order chi connectivity index (χ1) is 14.4. The number of hydrogen-bond donors (Lipinski definition) is 1. The molecule has 0 bridgehead atoms. The molecule has 0 saturated carbocycles. The van der Waals surface area contributed by atoms with Crippen molar-refractivity contribution in [2.45, 2.75) is 31.7 Å². The van der Waals surface area contributed by atoms with Crippen molar-refractivity contribution in [3.8, 4) is 5.75 Å². The van der Waals surface area contributed by atoms with Crippen LogP contribution < -0.4 is 10.1 Å². The normalized spacial score (nSPS) is 18.4. The molecular formula is C21H20ClN3O5. The van der Waals surface area contributed by atoms with Crippen molar-refractivity contribution in [2.24, 2.45) is 0 Å². The Morgan fingerprint density at radius 2 is 2.03 bits per heavy atom. The van der Waals surface area contributed by atoms with Crippen LogP contribution in [0.5, 0.6) is 5.75 Å². The maximum absolute atomic E-state index is 13.1. The van der Waals surface area contributed by atoms with Crippen molar-refractivity contribution >= 4 is 34.8 Å². The predicted octanol–water partition coefficient (Wildman–Crippen LogP) is 4.28. The van der Waals surface area contributed by atoms with Crippen molar-refractivity contribution in [2.75, 3.05) is 18.5 Å². The fraction of sp³-hybridized carbons (Fsp3) is 0.333. The Labute approximate surface area is 177 Å². The van der Waals surface area contributed by atoms with Gasteiger partial charge < -0.3 is 15.0 Å². The first-order valence-corrected chi connectivity index (χ1v) is 10.1. The molecule has 2 amide bonds. The van der Waals surface area contributed by atoms with E-state index in [4.69, 9.17) is 16.3 Å². The largest absolute Gasteiger partial charge is 0.493 e. The third-order valence-corrected chi connectivity index (χ3v) is 5.70. The van der Waals surface area contributed by atoms with E-state index in [1.807, 2.05) is 4.90 Å². The molecule has 9 heteroatoms.